The number of hydrogen-bond donors (Lipinski definition) is 0. The lowest BCUT2D eigenvalue weighted by Crippen LogP contribution is -2.52. The van der Waals surface area contributed by atoms with Crippen LogP contribution in [0.15, 0.2) is 0 Å². The van der Waals surface area contributed by atoms with Gasteiger partial charge in [-0.05, 0) is 39.5 Å². The fourth-order valence-corrected chi connectivity index (χ4v) is 3.05. The Morgan fingerprint density at radius 3 is 2.18 bits per heavy atom. The van der Waals surface area contributed by atoms with Gasteiger partial charge in [0.2, 0.25) is 0 Å². The largest absolute Gasteiger partial charge is 0.469 e. The van der Waals surface area contributed by atoms with Crippen molar-refractivity contribution in [2.75, 3.05) is 39.8 Å². The van der Waals surface area contributed by atoms with Crippen molar-refractivity contribution >= 4 is 12.1 Å². The van der Waals surface area contributed by atoms with E-state index in [1.54, 1.807) is 4.90 Å². The first-order chi connectivity index (χ1) is 10.3. The molecule has 2 fully saturated rings. The number of nitrogens with zero attached hydrogens (tertiary/aromatic N) is 2. The van der Waals surface area contributed by atoms with Gasteiger partial charge in [0.05, 0.1) is 13.0 Å². The minimum atomic E-state index is -0.441. The summed E-state index contributed by atoms with van der Waals surface area (Å²) in [6.45, 7) is 9.83. The maximum absolute atomic E-state index is 12.0. The molecule has 0 bridgehead atoms. The monoisotopic (exact) mass is 312 g/mol. The molecule has 2 aliphatic rings. The third kappa shape index (κ3) is 4.60. The molecule has 1 heterocycles. The molecule has 0 aromatic heterocycles. The second kappa shape index (κ2) is 6.86. The van der Waals surface area contributed by atoms with Crippen LogP contribution in [0.2, 0.25) is 0 Å². The Hall–Kier alpha value is -1.30. The topological polar surface area (TPSA) is 59.1 Å². The number of rotatable bonds is 3. The number of ether oxygens (including phenoxy) is 2. The summed E-state index contributed by atoms with van der Waals surface area (Å²) >= 11 is 0. The van der Waals surface area contributed by atoms with Crippen molar-refractivity contribution < 1.29 is 19.1 Å². The number of amides is 1. The lowest BCUT2D eigenvalue weighted by Gasteiger charge is -2.40. The van der Waals surface area contributed by atoms with Crippen molar-refractivity contribution in [3.8, 4) is 0 Å². The van der Waals surface area contributed by atoms with Crippen molar-refractivity contribution in [1.82, 2.24) is 9.80 Å². The molecule has 126 valence electrons. The van der Waals surface area contributed by atoms with Crippen molar-refractivity contribution in [1.29, 1.82) is 0 Å². The van der Waals surface area contributed by atoms with Gasteiger partial charge in [-0.3, -0.25) is 9.69 Å². The molecule has 1 aliphatic heterocycles. The molecule has 0 spiro atoms. The minimum absolute atomic E-state index is 0.0778. The number of hydrogen-bond acceptors (Lipinski definition) is 5. The van der Waals surface area contributed by atoms with Gasteiger partial charge in [-0.1, -0.05) is 0 Å². The fourth-order valence-electron chi connectivity index (χ4n) is 3.05. The van der Waals surface area contributed by atoms with Crippen LogP contribution in [0.3, 0.4) is 0 Å². The zero-order valence-electron chi connectivity index (χ0n) is 14.1. The number of methoxy groups -OCH3 is 1. The Kier molecular flexibility index (Phi) is 5.32. The van der Waals surface area contributed by atoms with E-state index in [1.807, 2.05) is 20.8 Å². The molecular weight excluding hydrogens is 284 g/mol. The lowest BCUT2D eigenvalue weighted by atomic mass is 9.74. The first kappa shape index (κ1) is 17.1. The smallest absolute Gasteiger partial charge is 0.410 e. The Morgan fingerprint density at radius 2 is 1.68 bits per heavy atom. The highest BCUT2D eigenvalue weighted by Gasteiger charge is 2.36. The highest BCUT2D eigenvalue weighted by Crippen LogP contribution is 2.35. The lowest BCUT2D eigenvalue weighted by molar-refractivity contribution is -0.150. The van der Waals surface area contributed by atoms with Gasteiger partial charge in [0.1, 0.15) is 5.60 Å². The van der Waals surface area contributed by atoms with Crippen LogP contribution in [0.1, 0.15) is 33.6 Å². The Balaban J connectivity index is 1.66. The van der Waals surface area contributed by atoms with E-state index in [0.717, 1.165) is 32.5 Å². The summed E-state index contributed by atoms with van der Waals surface area (Å²) in [7, 11) is 1.45. The number of carbonyl (C=O) groups is 2. The second-order valence-electron chi connectivity index (χ2n) is 7.33. The summed E-state index contributed by atoms with van der Waals surface area (Å²) in [5.74, 6) is 0.598. The molecule has 1 saturated heterocycles. The molecule has 0 aromatic carbocycles. The van der Waals surface area contributed by atoms with E-state index in [-0.39, 0.29) is 18.0 Å². The van der Waals surface area contributed by atoms with Gasteiger partial charge < -0.3 is 14.4 Å². The highest BCUT2D eigenvalue weighted by molar-refractivity contribution is 5.73. The predicted molar refractivity (Wildman–Crippen MR) is 82.5 cm³/mol. The average molecular weight is 312 g/mol. The summed E-state index contributed by atoms with van der Waals surface area (Å²) in [5.41, 5.74) is -0.441. The van der Waals surface area contributed by atoms with Crippen LogP contribution in [-0.4, -0.2) is 67.3 Å². The highest BCUT2D eigenvalue weighted by atomic mass is 16.6. The Labute approximate surface area is 132 Å². The predicted octanol–water partition coefficient (Wildman–Crippen LogP) is 1.74. The van der Waals surface area contributed by atoms with Crippen molar-refractivity contribution in [3.63, 3.8) is 0 Å². The van der Waals surface area contributed by atoms with Crippen LogP contribution in [-0.2, 0) is 14.3 Å². The summed E-state index contributed by atoms with van der Waals surface area (Å²) in [4.78, 5) is 27.5. The molecule has 0 unspecified atom stereocenters. The molecule has 1 amide bonds. The van der Waals surface area contributed by atoms with Gasteiger partial charge in [-0.15, -0.1) is 0 Å². The Morgan fingerprint density at radius 1 is 1.09 bits per heavy atom. The zero-order chi connectivity index (χ0) is 16.3. The summed E-state index contributed by atoms with van der Waals surface area (Å²) < 4.78 is 10.2. The molecule has 1 saturated carbocycles. The molecule has 0 atom stereocenters. The third-order valence-electron chi connectivity index (χ3n) is 4.31. The summed E-state index contributed by atoms with van der Waals surface area (Å²) in [6, 6.07) is 0. The van der Waals surface area contributed by atoms with Crippen LogP contribution in [0, 0.1) is 11.8 Å². The van der Waals surface area contributed by atoms with E-state index in [0.29, 0.717) is 19.0 Å². The van der Waals surface area contributed by atoms with E-state index in [2.05, 4.69) is 4.90 Å². The fraction of sp³-hybridized carbons (Fsp3) is 0.875. The molecular formula is C16H28N2O4. The third-order valence-corrected chi connectivity index (χ3v) is 4.31. The van der Waals surface area contributed by atoms with Gasteiger partial charge in [0.15, 0.2) is 0 Å². The molecule has 2 rings (SSSR count). The number of esters is 1. The molecule has 0 N–H and O–H groups in total. The molecule has 22 heavy (non-hydrogen) atoms. The summed E-state index contributed by atoms with van der Waals surface area (Å²) in [5, 5.41) is 0. The van der Waals surface area contributed by atoms with Crippen LogP contribution in [0.25, 0.3) is 0 Å². The van der Waals surface area contributed by atoms with E-state index >= 15 is 0 Å². The van der Waals surface area contributed by atoms with Gasteiger partial charge in [0, 0.05) is 32.7 Å². The molecule has 0 radical (unpaired) electrons. The summed E-state index contributed by atoms with van der Waals surface area (Å²) in [6.07, 6.45) is 1.64. The quantitative estimate of drug-likeness (QED) is 0.743. The van der Waals surface area contributed by atoms with Crippen molar-refractivity contribution in [3.05, 3.63) is 0 Å². The first-order valence-corrected chi connectivity index (χ1v) is 8.06. The van der Waals surface area contributed by atoms with Crippen LogP contribution < -0.4 is 0 Å². The second-order valence-corrected chi connectivity index (χ2v) is 7.33. The van der Waals surface area contributed by atoms with Crippen LogP contribution in [0.5, 0.6) is 0 Å². The normalized spacial score (nSPS) is 26.3. The minimum Gasteiger partial charge on any atom is -0.469 e. The number of carbonyl (C=O) groups excluding carboxylic acids is 2. The van der Waals surface area contributed by atoms with Crippen molar-refractivity contribution in [2.45, 2.75) is 39.2 Å². The molecule has 6 heteroatoms. The van der Waals surface area contributed by atoms with Gasteiger partial charge in [-0.25, -0.2) is 4.79 Å². The standard InChI is InChI=1S/C16H28N2O4/c1-16(2,3)22-15(20)18-7-5-17(6-8-18)11-12-9-13(10-12)14(19)21-4/h12-13H,5-11H2,1-4H3. The van der Waals surface area contributed by atoms with E-state index in [4.69, 9.17) is 9.47 Å². The van der Waals surface area contributed by atoms with Gasteiger partial charge in [-0.2, -0.15) is 0 Å². The molecule has 0 aromatic rings. The van der Waals surface area contributed by atoms with Crippen molar-refractivity contribution in [2.24, 2.45) is 11.8 Å². The maximum atomic E-state index is 12.0. The van der Waals surface area contributed by atoms with E-state index in [9.17, 15) is 9.59 Å². The van der Waals surface area contributed by atoms with E-state index in [1.165, 1.54) is 7.11 Å². The first-order valence-electron chi connectivity index (χ1n) is 8.06. The molecule has 1 aliphatic carbocycles. The number of piperazine rings is 1. The Bertz CT molecular complexity index is 405. The van der Waals surface area contributed by atoms with Crippen LogP contribution >= 0.6 is 0 Å². The van der Waals surface area contributed by atoms with Crippen LogP contribution in [0.4, 0.5) is 4.79 Å². The maximum Gasteiger partial charge on any atom is 0.410 e. The average Bonchev–Trinajstić information content (AvgIpc) is 2.40. The SMILES string of the molecule is COC(=O)C1CC(CN2CCN(C(=O)OC(C)(C)C)CC2)C1. The van der Waals surface area contributed by atoms with Gasteiger partial charge in [0.25, 0.3) is 0 Å². The van der Waals surface area contributed by atoms with Gasteiger partial charge >= 0.3 is 12.1 Å². The molecule has 6 nitrogen and oxygen atoms in total. The zero-order valence-corrected chi connectivity index (χ0v) is 14.1. The van der Waals surface area contributed by atoms with E-state index < -0.39 is 5.60 Å².